The number of hydrogen-bond donors (Lipinski definition) is 0. The van der Waals surface area contributed by atoms with Gasteiger partial charge in [0.05, 0.1) is 11.2 Å². The van der Waals surface area contributed by atoms with E-state index in [1.807, 2.05) is 5.98 Å². The van der Waals surface area contributed by atoms with Gasteiger partial charge in [0, 0.05) is 37.4 Å². The number of piperazine rings is 1. The molecule has 0 saturated carbocycles. The monoisotopic (exact) mass is 370 g/mol. The SMILES string of the molecule is CC(C)(C)N1CCN(c2ccc(/C=C/B3OC(C)(C)C(C)(C)O3)cc2)CC1. The van der Waals surface area contributed by atoms with Crippen molar-refractivity contribution in [2.75, 3.05) is 31.1 Å². The second-order valence-corrected chi connectivity index (χ2v) is 9.72. The van der Waals surface area contributed by atoms with Crippen LogP contribution in [0.1, 0.15) is 54.0 Å². The van der Waals surface area contributed by atoms with Crippen molar-refractivity contribution in [2.24, 2.45) is 0 Å². The van der Waals surface area contributed by atoms with Gasteiger partial charge >= 0.3 is 7.12 Å². The normalized spacial score (nSPS) is 23.4. The molecular weight excluding hydrogens is 335 g/mol. The molecule has 2 aliphatic rings. The van der Waals surface area contributed by atoms with E-state index in [-0.39, 0.29) is 23.9 Å². The van der Waals surface area contributed by atoms with Crippen LogP contribution in [0.4, 0.5) is 5.69 Å². The first kappa shape index (κ1) is 20.4. The zero-order chi connectivity index (χ0) is 19.9. The molecule has 3 rings (SSSR count). The van der Waals surface area contributed by atoms with Crippen molar-refractivity contribution in [3.8, 4) is 0 Å². The molecule has 0 spiro atoms. The highest BCUT2D eigenvalue weighted by atomic mass is 16.7. The van der Waals surface area contributed by atoms with Crippen LogP contribution in [-0.2, 0) is 9.31 Å². The van der Waals surface area contributed by atoms with Gasteiger partial charge in [-0.2, -0.15) is 0 Å². The second-order valence-electron chi connectivity index (χ2n) is 9.72. The van der Waals surface area contributed by atoms with Crippen LogP contribution in [0.3, 0.4) is 0 Å². The van der Waals surface area contributed by atoms with Crippen LogP contribution in [0.15, 0.2) is 30.2 Å². The molecule has 2 heterocycles. The fraction of sp³-hybridized carbons (Fsp3) is 0.636. The zero-order valence-corrected chi connectivity index (χ0v) is 18.1. The van der Waals surface area contributed by atoms with Crippen molar-refractivity contribution in [3.05, 3.63) is 35.8 Å². The number of nitrogens with zero attached hydrogens (tertiary/aromatic N) is 2. The van der Waals surface area contributed by atoms with Gasteiger partial charge in [0.1, 0.15) is 0 Å². The first-order valence-electron chi connectivity index (χ1n) is 10.1. The van der Waals surface area contributed by atoms with Crippen LogP contribution < -0.4 is 4.90 Å². The molecule has 1 aromatic rings. The van der Waals surface area contributed by atoms with E-state index < -0.39 is 0 Å². The van der Waals surface area contributed by atoms with Crippen LogP contribution in [0.5, 0.6) is 0 Å². The highest BCUT2D eigenvalue weighted by Crippen LogP contribution is 2.37. The van der Waals surface area contributed by atoms with Gasteiger partial charge in [-0.15, -0.1) is 0 Å². The Morgan fingerprint density at radius 2 is 1.41 bits per heavy atom. The van der Waals surface area contributed by atoms with Gasteiger partial charge in [-0.3, -0.25) is 4.90 Å². The van der Waals surface area contributed by atoms with Crippen molar-refractivity contribution in [2.45, 2.75) is 65.2 Å². The molecule has 0 amide bonds. The number of anilines is 1. The Bertz CT molecular complexity index is 653. The lowest BCUT2D eigenvalue weighted by atomic mass is 9.89. The number of benzene rings is 1. The summed E-state index contributed by atoms with van der Waals surface area (Å²) in [5, 5.41) is 0. The zero-order valence-electron chi connectivity index (χ0n) is 18.1. The molecule has 27 heavy (non-hydrogen) atoms. The molecule has 2 fully saturated rings. The molecule has 2 aliphatic heterocycles. The molecule has 0 bridgehead atoms. The van der Waals surface area contributed by atoms with Gasteiger partial charge in [0.25, 0.3) is 0 Å². The van der Waals surface area contributed by atoms with E-state index in [0.717, 1.165) is 26.2 Å². The van der Waals surface area contributed by atoms with Gasteiger partial charge < -0.3 is 14.2 Å². The summed E-state index contributed by atoms with van der Waals surface area (Å²) >= 11 is 0. The van der Waals surface area contributed by atoms with E-state index in [4.69, 9.17) is 9.31 Å². The van der Waals surface area contributed by atoms with E-state index in [1.54, 1.807) is 0 Å². The van der Waals surface area contributed by atoms with Crippen molar-refractivity contribution in [1.29, 1.82) is 0 Å². The molecule has 2 saturated heterocycles. The molecule has 0 radical (unpaired) electrons. The van der Waals surface area contributed by atoms with E-state index in [1.165, 1.54) is 11.3 Å². The fourth-order valence-corrected chi connectivity index (χ4v) is 3.59. The van der Waals surface area contributed by atoms with Crippen LogP contribution in [0.25, 0.3) is 6.08 Å². The Balaban J connectivity index is 1.57. The summed E-state index contributed by atoms with van der Waals surface area (Å²) < 4.78 is 12.0. The minimum Gasteiger partial charge on any atom is -0.400 e. The predicted octanol–water partition coefficient (Wildman–Crippen LogP) is 4.25. The maximum atomic E-state index is 6.02. The summed E-state index contributed by atoms with van der Waals surface area (Å²) in [5.74, 6) is 2.01. The van der Waals surface area contributed by atoms with E-state index in [2.05, 4.69) is 88.6 Å². The van der Waals surface area contributed by atoms with Crippen LogP contribution in [0, 0.1) is 0 Å². The summed E-state index contributed by atoms with van der Waals surface area (Å²) in [6.45, 7) is 19.6. The number of hydrogen-bond acceptors (Lipinski definition) is 4. The minimum absolute atomic E-state index is 0.258. The Labute approximate surface area is 165 Å². The molecule has 4 nitrogen and oxygen atoms in total. The Kier molecular flexibility index (Phi) is 5.50. The van der Waals surface area contributed by atoms with E-state index in [0.29, 0.717) is 0 Å². The third-order valence-electron chi connectivity index (χ3n) is 6.20. The second kappa shape index (κ2) is 7.27. The van der Waals surface area contributed by atoms with Gasteiger partial charge in [-0.25, -0.2) is 0 Å². The summed E-state index contributed by atoms with van der Waals surface area (Å²) in [7, 11) is -0.292. The van der Waals surface area contributed by atoms with Gasteiger partial charge in [0.2, 0.25) is 0 Å². The summed E-state index contributed by atoms with van der Waals surface area (Å²) in [5.41, 5.74) is 2.15. The van der Waals surface area contributed by atoms with Crippen molar-refractivity contribution in [3.63, 3.8) is 0 Å². The van der Waals surface area contributed by atoms with Gasteiger partial charge in [-0.05, 0) is 66.2 Å². The average molecular weight is 370 g/mol. The van der Waals surface area contributed by atoms with E-state index >= 15 is 0 Å². The predicted molar refractivity (Wildman–Crippen MR) is 115 cm³/mol. The molecule has 0 aliphatic carbocycles. The van der Waals surface area contributed by atoms with Crippen LogP contribution in [0.2, 0.25) is 0 Å². The topological polar surface area (TPSA) is 24.9 Å². The molecule has 0 N–H and O–H groups in total. The Hall–Kier alpha value is -1.30. The third kappa shape index (κ3) is 4.58. The lowest BCUT2D eigenvalue weighted by Gasteiger charge is -2.43. The maximum Gasteiger partial charge on any atom is 0.487 e. The maximum absolute atomic E-state index is 6.02. The molecule has 0 unspecified atom stereocenters. The fourth-order valence-electron chi connectivity index (χ4n) is 3.59. The first-order chi connectivity index (χ1) is 12.5. The minimum atomic E-state index is -0.292. The third-order valence-corrected chi connectivity index (χ3v) is 6.20. The number of rotatable bonds is 3. The highest BCUT2D eigenvalue weighted by Gasteiger charge is 2.50. The standard InChI is InChI=1S/C22H35BN2O2/c1-20(2,3)25-16-14-24(15-17-25)19-10-8-18(9-11-19)12-13-23-26-21(4,5)22(6,7)27-23/h8-13H,14-17H2,1-7H3/b13-12+. The lowest BCUT2D eigenvalue weighted by molar-refractivity contribution is 0.00578. The lowest BCUT2D eigenvalue weighted by Crippen LogP contribution is -2.53. The van der Waals surface area contributed by atoms with E-state index in [9.17, 15) is 0 Å². The Morgan fingerprint density at radius 1 is 0.889 bits per heavy atom. The molecular formula is C22H35BN2O2. The first-order valence-corrected chi connectivity index (χ1v) is 10.1. The molecule has 0 atom stereocenters. The van der Waals surface area contributed by atoms with Crippen molar-refractivity contribution >= 4 is 18.9 Å². The van der Waals surface area contributed by atoms with Crippen LogP contribution in [-0.4, -0.2) is 54.9 Å². The molecule has 0 aromatic heterocycles. The quantitative estimate of drug-likeness (QED) is 0.743. The van der Waals surface area contributed by atoms with Crippen LogP contribution >= 0.6 is 0 Å². The van der Waals surface area contributed by atoms with Gasteiger partial charge in [-0.1, -0.05) is 24.2 Å². The molecule has 1 aromatic carbocycles. The molecule has 5 heteroatoms. The largest absolute Gasteiger partial charge is 0.487 e. The molecule has 148 valence electrons. The van der Waals surface area contributed by atoms with Crippen molar-refractivity contribution in [1.82, 2.24) is 4.90 Å². The van der Waals surface area contributed by atoms with Gasteiger partial charge in [0.15, 0.2) is 0 Å². The summed E-state index contributed by atoms with van der Waals surface area (Å²) in [6.07, 6.45) is 2.09. The summed E-state index contributed by atoms with van der Waals surface area (Å²) in [4.78, 5) is 5.04. The smallest absolute Gasteiger partial charge is 0.400 e. The Morgan fingerprint density at radius 3 is 1.89 bits per heavy atom. The highest BCUT2D eigenvalue weighted by molar-refractivity contribution is 6.52. The van der Waals surface area contributed by atoms with Crippen molar-refractivity contribution < 1.29 is 9.31 Å². The summed E-state index contributed by atoms with van der Waals surface area (Å²) in [6, 6.07) is 8.79. The average Bonchev–Trinajstić information content (AvgIpc) is 2.80.